The average molecular weight is 347 g/mol. The number of pyridine rings is 1. The second-order valence-corrected chi connectivity index (χ2v) is 6.85. The number of nitrogens with zero attached hydrogens (tertiary/aromatic N) is 3. The minimum Gasteiger partial charge on any atom is -0.356 e. The minimum atomic E-state index is -0.447. The minimum absolute atomic E-state index is 0.000290. The monoisotopic (exact) mass is 347 g/mol. The van der Waals surface area contributed by atoms with Crippen LogP contribution in [0.4, 0.5) is 16.3 Å². The highest BCUT2D eigenvalue weighted by molar-refractivity contribution is 5.74. The molecule has 0 spiro atoms. The maximum absolute atomic E-state index is 12.1. The van der Waals surface area contributed by atoms with E-state index in [0.717, 1.165) is 44.6 Å². The number of carbonyl (C=O) groups excluding carboxylic acids is 1. The number of hydrogen-bond donors (Lipinski definition) is 2. The van der Waals surface area contributed by atoms with Crippen molar-refractivity contribution in [1.29, 1.82) is 0 Å². The fraction of sp³-hybridized carbons (Fsp3) is 0.647. The van der Waals surface area contributed by atoms with Crippen LogP contribution in [0.1, 0.15) is 44.9 Å². The van der Waals surface area contributed by atoms with Crippen molar-refractivity contribution in [2.45, 2.75) is 57.0 Å². The lowest BCUT2D eigenvalue weighted by Crippen LogP contribution is -2.50. The molecule has 3 rings (SSSR count). The van der Waals surface area contributed by atoms with Crippen LogP contribution in [-0.4, -0.2) is 41.1 Å². The van der Waals surface area contributed by atoms with Gasteiger partial charge in [0.2, 0.25) is 0 Å². The van der Waals surface area contributed by atoms with Crippen molar-refractivity contribution in [1.82, 2.24) is 15.6 Å². The molecule has 1 aliphatic heterocycles. The van der Waals surface area contributed by atoms with E-state index in [1.54, 1.807) is 6.07 Å². The summed E-state index contributed by atoms with van der Waals surface area (Å²) >= 11 is 0. The van der Waals surface area contributed by atoms with Gasteiger partial charge in [-0.15, -0.1) is 0 Å². The fourth-order valence-corrected chi connectivity index (χ4v) is 3.59. The van der Waals surface area contributed by atoms with Crippen LogP contribution in [0.3, 0.4) is 0 Å². The molecule has 0 radical (unpaired) electrons. The summed E-state index contributed by atoms with van der Waals surface area (Å²) in [6.45, 7) is 1.55. The van der Waals surface area contributed by atoms with Crippen molar-refractivity contribution in [3.8, 4) is 0 Å². The number of nitro groups is 1. The number of hydrogen-bond acceptors (Lipinski definition) is 5. The summed E-state index contributed by atoms with van der Waals surface area (Å²) in [5.41, 5.74) is -0.000290. The standard InChI is InChI=1S/C17H25N5O3/c23-17(19-13-4-2-1-3-5-13)20-14-8-10-21(11-9-14)16-7-6-15(12-18-16)22(24)25/h6-7,12-14H,1-5,8-11H2,(H2,19,20,23). The first-order valence-electron chi connectivity index (χ1n) is 9.04. The van der Waals surface area contributed by atoms with Crippen molar-refractivity contribution < 1.29 is 9.72 Å². The Kier molecular flexibility index (Phi) is 5.67. The molecule has 2 aliphatic rings. The van der Waals surface area contributed by atoms with E-state index in [4.69, 9.17) is 0 Å². The molecule has 1 aromatic heterocycles. The van der Waals surface area contributed by atoms with E-state index in [-0.39, 0.29) is 17.8 Å². The predicted octanol–water partition coefficient (Wildman–Crippen LogP) is 2.59. The third-order valence-corrected chi connectivity index (χ3v) is 5.04. The first-order chi connectivity index (χ1) is 12.1. The third-order valence-electron chi connectivity index (χ3n) is 5.04. The lowest BCUT2D eigenvalue weighted by Gasteiger charge is -2.33. The molecular formula is C17H25N5O3. The van der Waals surface area contributed by atoms with Gasteiger partial charge in [0.1, 0.15) is 12.0 Å². The number of aromatic nitrogens is 1. The summed E-state index contributed by atoms with van der Waals surface area (Å²) in [7, 11) is 0. The van der Waals surface area contributed by atoms with Gasteiger partial charge in [-0.3, -0.25) is 10.1 Å². The Morgan fingerprint density at radius 3 is 2.28 bits per heavy atom. The third kappa shape index (κ3) is 4.80. The molecule has 0 atom stereocenters. The number of piperidine rings is 1. The first kappa shape index (κ1) is 17.4. The van der Waals surface area contributed by atoms with Crippen LogP contribution in [0.15, 0.2) is 18.3 Å². The molecule has 1 aromatic rings. The van der Waals surface area contributed by atoms with Crippen LogP contribution < -0.4 is 15.5 Å². The van der Waals surface area contributed by atoms with Crippen molar-refractivity contribution >= 4 is 17.5 Å². The van der Waals surface area contributed by atoms with Gasteiger partial charge in [-0.2, -0.15) is 0 Å². The van der Waals surface area contributed by atoms with Gasteiger partial charge in [0.15, 0.2) is 0 Å². The molecule has 2 N–H and O–H groups in total. The fourth-order valence-electron chi connectivity index (χ4n) is 3.59. The summed E-state index contributed by atoms with van der Waals surface area (Å²) in [5, 5.41) is 16.8. The molecule has 136 valence electrons. The topological polar surface area (TPSA) is 100 Å². The molecule has 0 bridgehead atoms. The Labute approximate surface area is 147 Å². The zero-order chi connectivity index (χ0) is 17.6. The van der Waals surface area contributed by atoms with Crippen molar-refractivity contribution in [2.24, 2.45) is 0 Å². The second kappa shape index (κ2) is 8.13. The Balaban J connectivity index is 1.43. The molecule has 25 heavy (non-hydrogen) atoms. The Bertz CT molecular complexity index is 593. The van der Waals surface area contributed by atoms with Crippen LogP contribution in [0.5, 0.6) is 0 Å². The number of nitrogens with one attached hydrogen (secondary N) is 2. The van der Waals surface area contributed by atoms with E-state index in [1.165, 1.54) is 31.5 Å². The summed E-state index contributed by atoms with van der Waals surface area (Å²) in [6, 6.07) is 3.58. The number of anilines is 1. The molecule has 1 aliphatic carbocycles. The van der Waals surface area contributed by atoms with Gasteiger partial charge in [0, 0.05) is 31.2 Å². The molecule has 2 fully saturated rings. The van der Waals surface area contributed by atoms with Crippen LogP contribution >= 0.6 is 0 Å². The quantitative estimate of drug-likeness (QED) is 0.644. The normalized spacial score (nSPS) is 19.4. The summed E-state index contributed by atoms with van der Waals surface area (Å²) < 4.78 is 0. The highest BCUT2D eigenvalue weighted by Crippen LogP contribution is 2.20. The van der Waals surface area contributed by atoms with Crippen LogP contribution in [-0.2, 0) is 0 Å². The van der Waals surface area contributed by atoms with Crippen molar-refractivity contribution in [3.05, 3.63) is 28.4 Å². The zero-order valence-electron chi connectivity index (χ0n) is 14.3. The maximum atomic E-state index is 12.1. The Hall–Kier alpha value is -2.38. The van der Waals surface area contributed by atoms with Crippen LogP contribution in [0.25, 0.3) is 0 Å². The first-order valence-corrected chi connectivity index (χ1v) is 9.04. The van der Waals surface area contributed by atoms with E-state index in [1.807, 2.05) is 0 Å². The van der Waals surface area contributed by atoms with E-state index >= 15 is 0 Å². The Morgan fingerprint density at radius 2 is 1.72 bits per heavy atom. The van der Waals surface area contributed by atoms with Gasteiger partial charge in [-0.05, 0) is 31.7 Å². The molecule has 2 amide bonds. The summed E-state index contributed by atoms with van der Waals surface area (Å²) in [4.78, 5) is 28.6. The van der Waals surface area contributed by atoms with Gasteiger partial charge in [-0.25, -0.2) is 9.78 Å². The molecule has 0 aromatic carbocycles. The molecule has 1 saturated carbocycles. The zero-order valence-corrected chi connectivity index (χ0v) is 14.3. The smallest absolute Gasteiger partial charge is 0.315 e. The Morgan fingerprint density at radius 1 is 1.08 bits per heavy atom. The molecule has 8 heteroatoms. The summed E-state index contributed by atoms with van der Waals surface area (Å²) in [5.74, 6) is 0.746. The van der Waals surface area contributed by atoms with Gasteiger partial charge in [-0.1, -0.05) is 19.3 Å². The number of rotatable bonds is 4. The molecular weight excluding hydrogens is 322 g/mol. The maximum Gasteiger partial charge on any atom is 0.315 e. The van der Waals surface area contributed by atoms with Crippen LogP contribution in [0, 0.1) is 10.1 Å². The van der Waals surface area contributed by atoms with Crippen molar-refractivity contribution in [2.75, 3.05) is 18.0 Å². The van der Waals surface area contributed by atoms with Gasteiger partial charge in [0.25, 0.3) is 5.69 Å². The van der Waals surface area contributed by atoms with Gasteiger partial charge in [0.05, 0.1) is 4.92 Å². The lowest BCUT2D eigenvalue weighted by molar-refractivity contribution is -0.385. The molecule has 1 saturated heterocycles. The van der Waals surface area contributed by atoms with E-state index in [2.05, 4.69) is 20.5 Å². The molecule has 8 nitrogen and oxygen atoms in total. The highest BCUT2D eigenvalue weighted by atomic mass is 16.6. The predicted molar refractivity (Wildman–Crippen MR) is 94.7 cm³/mol. The largest absolute Gasteiger partial charge is 0.356 e. The lowest BCUT2D eigenvalue weighted by atomic mass is 9.96. The van der Waals surface area contributed by atoms with Crippen molar-refractivity contribution in [3.63, 3.8) is 0 Å². The summed E-state index contributed by atoms with van der Waals surface area (Å²) in [6.07, 6.45) is 8.81. The SMILES string of the molecule is O=C(NC1CCCCC1)NC1CCN(c2ccc([N+](=O)[O-])cn2)CC1. The van der Waals surface area contributed by atoms with E-state index in [9.17, 15) is 14.9 Å². The highest BCUT2D eigenvalue weighted by Gasteiger charge is 2.23. The van der Waals surface area contributed by atoms with E-state index < -0.39 is 4.92 Å². The van der Waals surface area contributed by atoms with Gasteiger partial charge >= 0.3 is 6.03 Å². The molecule has 0 unspecified atom stereocenters. The van der Waals surface area contributed by atoms with Gasteiger partial charge < -0.3 is 15.5 Å². The van der Waals surface area contributed by atoms with E-state index in [0.29, 0.717) is 6.04 Å². The number of carbonyl (C=O) groups is 1. The van der Waals surface area contributed by atoms with Crippen LogP contribution in [0.2, 0.25) is 0 Å². The second-order valence-electron chi connectivity index (χ2n) is 6.85. The number of urea groups is 1. The number of amides is 2. The average Bonchev–Trinajstić information content (AvgIpc) is 2.63. The molecule has 2 heterocycles.